The summed E-state index contributed by atoms with van der Waals surface area (Å²) in [6, 6.07) is 0. The highest BCUT2D eigenvalue weighted by molar-refractivity contribution is 5.86. The Bertz CT molecular complexity index is 1080. The van der Waals surface area contributed by atoms with Crippen molar-refractivity contribution in [1.82, 2.24) is 5.32 Å². The molecular formula is C34H53NO4. The summed E-state index contributed by atoms with van der Waals surface area (Å²) in [5, 5.41) is 12.5. The number of allylic oxidation sites excluding steroid dienone is 1. The van der Waals surface area contributed by atoms with E-state index in [4.69, 9.17) is 0 Å². The lowest BCUT2D eigenvalue weighted by Gasteiger charge is -2.72. The van der Waals surface area contributed by atoms with Gasteiger partial charge in [-0.3, -0.25) is 14.4 Å². The second-order valence-corrected chi connectivity index (χ2v) is 15.9. The van der Waals surface area contributed by atoms with Gasteiger partial charge in [0.25, 0.3) is 0 Å². The lowest BCUT2D eigenvalue weighted by atomic mass is 9.32. The first-order valence-electron chi connectivity index (χ1n) is 15.8. The van der Waals surface area contributed by atoms with Gasteiger partial charge in [-0.05, 0) is 111 Å². The number of Topliss-reactive ketones (excluding diaryl/α,β-unsaturated/α-hetero) is 1. The third kappa shape index (κ3) is 3.79. The van der Waals surface area contributed by atoms with Gasteiger partial charge >= 0.3 is 5.97 Å². The van der Waals surface area contributed by atoms with E-state index < -0.39 is 17.3 Å². The first-order valence-corrected chi connectivity index (χ1v) is 15.8. The predicted octanol–water partition coefficient (Wildman–Crippen LogP) is 7.05. The number of carbonyl (C=O) groups is 3. The van der Waals surface area contributed by atoms with Gasteiger partial charge in [-0.2, -0.15) is 0 Å². The number of nitrogens with one attached hydrogen (secondary N) is 1. The van der Waals surface area contributed by atoms with Crippen LogP contribution in [0.25, 0.3) is 0 Å². The highest BCUT2D eigenvalue weighted by atomic mass is 16.4. The molecule has 5 rings (SSSR count). The summed E-state index contributed by atoms with van der Waals surface area (Å²) in [7, 11) is 0. The highest BCUT2D eigenvalue weighted by Gasteiger charge is 2.71. The molecule has 0 bridgehead atoms. The molecule has 1 amide bonds. The Balaban J connectivity index is 1.50. The molecule has 5 fully saturated rings. The molecular weight excluding hydrogens is 486 g/mol. The zero-order valence-corrected chi connectivity index (χ0v) is 25.6. The summed E-state index contributed by atoms with van der Waals surface area (Å²) >= 11 is 0. The third-order valence-electron chi connectivity index (χ3n) is 14.3. The van der Waals surface area contributed by atoms with Crippen molar-refractivity contribution in [2.45, 2.75) is 113 Å². The molecule has 0 aromatic rings. The molecule has 0 aliphatic heterocycles. The number of fused-ring (bicyclic) bond motifs is 7. The van der Waals surface area contributed by atoms with E-state index in [0.717, 1.165) is 44.9 Å². The zero-order valence-electron chi connectivity index (χ0n) is 25.6. The van der Waals surface area contributed by atoms with E-state index in [-0.39, 0.29) is 40.0 Å². The van der Waals surface area contributed by atoms with Crippen LogP contribution >= 0.6 is 0 Å². The molecule has 10 unspecified atom stereocenters. The molecule has 0 radical (unpaired) electrons. The summed E-state index contributed by atoms with van der Waals surface area (Å²) in [4.78, 5) is 38.5. The minimum Gasteiger partial charge on any atom is -0.481 e. The fourth-order valence-corrected chi connectivity index (χ4v) is 11.8. The van der Waals surface area contributed by atoms with Gasteiger partial charge in [0.1, 0.15) is 5.78 Å². The molecule has 5 aliphatic carbocycles. The van der Waals surface area contributed by atoms with Crippen molar-refractivity contribution in [3.05, 3.63) is 12.2 Å². The molecule has 5 nitrogen and oxygen atoms in total. The van der Waals surface area contributed by atoms with Crippen LogP contribution in [0, 0.1) is 62.6 Å². The second-order valence-electron chi connectivity index (χ2n) is 15.9. The van der Waals surface area contributed by atoms with Crippen LogP contribution < -0.4 is 5.32 Å². The van der Waals surface area contributed by atoms with Crippen LogP contribution in [0.3, 0.4) is 0 Å². The molecule has 0 spiro atoms. The van der Waals surface area contributed by atoms with Crippen molar-refractivity contribution in [2.75, 3.05) is 6.54 Å². The molecule has 0 aromatic carbocycles. The number of carboxylic acid groups (broad SMARTS) is 1. The highest BCUT2D eigenvalue weighted by Crippen LogP contribution is 2.77. The van der Waals surface area contributed by atoms with Crippen LogP contribution in [0.4, 0.5) is 0 Å². The van der Waals surface area contributed by atoms with Crippen LogP contribution in [-0.4, -0.2) is 29.3 Å². The van der Waals surface area contributed by atoms with Crippen molar-refractivity contribution in [2.24, 2.45) is 62.6 Å². The van der Waals surface area contributed by atoms with Crippen LogP contribution in [0.5, 0.6) is 0 Å². The Hall–Kier alpha value is -1.65. The Morgan fingerprint density at radius 3 is 2.28 bits per heavy atom. The van der Waals surface area contributed by atoms with E-state index in [1.165, 1.54) is 18.4 Å². The maximum absolute atomic E-state index is 14.0. The van der Waals surface area contributed by atoms with E-state index in [1.807, 2.05) is 0 Å². The fourth-order valence-electron chi connectivity index (χ4n) is 11.8. The van der Waals surface area contributed by atoms with Gasteiger partial charge in [0.2, 0.25) is 5.91 Å². The number of amides is 1. The van der Waals surface area contributed by atoms with E-state index in [2.05, 4.69) is 53.4 Å². The van der Waals surface area contributed by atoms with E-state index >= 15 is 0 Å². The van der Waals surface area contributed by atoms with Crippen molar-refractivity contribution in [3.8, 4) is 0 Å². The van der Waals surface area contributed by atoms with Crippen molar-refractivity contribution in [1.29, 1.82) is 0 Å². The van der Waals surface area contributed by atoms with E-state index in [9.17, 15) is 19.5 Å². The molecule has 0 saturated heterocycles. The monoisotopic (exact) mass is 539 g/mol. The molecule has 218 valence electrons. The lowest BCUT2D eigenvalue weighted by Crippen LogP contribution is -2.67. The predicted molar refractivity (Wildman–Crippen MR) is 154 cm³/mol. The minimum absolute atomic E-state index is 0.0851. The average Bonchev–Trinajstić information content (AvgIpc) is 3.26. The Morgan fingerprint density at radius 2 is 1.64 bits per heavy atom. The maximum Gasteiger partial charge on any atom is 0.308 e. The summed E-state index contributed by atoms with van der Waals surface area (Å²) in [5.74, 6) is 1.19. The molecule has 0 aromatic heterocycles. The topological polar surface area (TPSA) is 83.5 Å². The van der Waals surface area contributed by atoms with Crippen LogP contribution in [-0.2, 0) is 14.4 Å². The third-order valence-corrected chi connectivity index (χ3v) is 14.3. The number of carboxylic acids is 1. The van der Waals surface area contributed by atoms with E-state index in [0.29, 0.717) is 35.9 Å². The van der Waals surface area contributed by atoms with Crippen LogP contribution in [0.15, 0.2) is 12.2 Å². The molecule has 5 aliphatic rings. The average molecular weight is 540 g/mol. The molecule has 5 heteroatoms. The molecule has 39 heavy (non-hydrogen) atoms. The normalized spacial score (nSPS) is 47.2. The van der Waals surface area contributed by atoms with Crippen LogP contribution in [0.2, 0.25) is 0 Å². The molecule has 2 N–H and O–H groups in total. The first kappa shape index (κ1) is 28.9. The number of rotatable bonds is 5. The number of ketones is 1. The summed E-state index contributed by atoms with van der Waals surface area (Å²) < 4.78 is 0. The first-order chi connectivity index (χ1) is 18.1. The number of carbonyl (C=O) groups excluding carboxylic acids is 2. The van der Waals surface area contributed by atoms with Crippen molar-refractivity contribution in [3.63, 3.8) is 0 Å². The van der Waals surface area contributed by atoms with Gasteiger partial charge in [0.15, 0.2) is 0 Å². The maximum atomic E-state index is 14.0. The van der Waals surface area contributed by atoms with Crippen molar-refractivity contribution < 1.29 is 19.5 Å². The fraction of sp³-hybridized carbons (Fsp3) is 0.853. The standard InChI is InChI=1S/C34H53NO4/c1-20(2)22-11-16-34(29(39)35-19-21(3)28(37)38)18-17-32(7)23(27(22)34)9-10-25-31(6)14-13-26(36)30(4,5)24(31)12-15-33(25,32)8/h21-25,27H,1,9-19H2,2-8H3,(H,35,39)(H,37,38). The number of aliphatic carboxylic acids is 1. The van der Waals surface area contributed by atoms with Gasteiger partial charge in [0, 0.05) is 18.4 Å². The largest absolute Gasteiger partial charge is 0.481 e. The van der Waals surface area contributed by atoms with Crippen LogP contribution in [0.1, 0.15) is 113 Å². The SMILES string of the molecule is C=C(C)C1CCC2(C(=O)NCC(C)C(=O)O)CCC3(C)C(CCC4C5(C)CCC(=O)C(C)(C)C5CCC43C)C12. The minimum atomic E-state index is -0.866. The molecule has 10 atom stereocenters. The molecule has 5 saturated carbocycles. The number of hydrogen-bond donors (Lipinski definition) is 2. The summed E-state index contributed by atoms with van der Waals surface area (Å²) in [6.45, 7) is 20.5. The molecule has 0 heterocycles. The Kier molecular flexibility index (Phi) is 6.79. The smallest absolute Gasteiger partial charge is 0.308 e. The number of hydrogen-bond acceptors (Lipinski definition) is 3. The quantitative estimate of drug-likeness (QED) is 0.367. The van der Waals surface area contributed by atoms with Crippen molar-refractivity contribution >= 4 is 17.7 Å². The lowest BCUT2D eigenvalue weighted by molar-refractivity contribution is -0.233. The van der Waals surface area contributed by atoms with Gasteiger partial charge in [-0.1, -0.05) is 53.7 Å². The summed E-state index contributed by atoms with van der Waals surface area (Å²) in [5.41, 5.74) is 1.04. The summed E-state index contributed by atoms with van der Waals surface area (Å²) in [6.07, 6.45) is 10.2. The van der Waals surface area contributed by atoms with Gasteiger partial charge in [0.05, 0.1) is 11.3 Å². The van der Waals surface area contributed by atoms with Gasteiger partial charge in [-0.25, -0.2) is 0 Å². The Labute approximate surface area is 236 Å². The Morgan fingerprint density at radius 1 is 0.949 bits per heavy atom. The van der Waals surface area contributed by atoms with Gasteiger partial charge < -0.3 is 10.4 Å². The second kappa shape index (κ2) is 9.18. The zero-order chi connectivity index (χ0) is 28.8. The van der Waals surface area contributed by atoms with Gasteiger partial charge in [-0.15, -0.1) is 0 Å². The van der Waals surface area contributed by atoms with E-state index in [1.54, 1.807) is 6.92 Å².